The van der Waals surface area contributed by atoms with Gasteiger partial charge in [0, 0.05) is 20.1 Å². The summed E-state index contributed by atoms with van der Waals surface area (Å²) in [6, 6.07) is 20.6. The Morgan fingerprint density at radius 1 is 1.03 bits per heavy atom. The molecule has 152 valence electrons. The van der Waals surface area contributed by atoms with Gasteiger partial charge >= 0.3 is 0 Å². The largest absolute Gasteiger partial charge is 0.490 e. The zero-order valence-electron chi connectivity index (χ0n) is 16.2. The highest BCUT2D eigenvalue weighted by molar-refractivity contribution is 9.10. The molecule has 3 rings (SSSR count). The summed E-state index contributed by atoms with van der Waals surface area (Å²) in [5, 5.41) is 10.9. The molecule has 0 fully saturated rings. The molecule has 0 amide bonds. The van der Waals surface area contributed by atoms with Gasteiger partial charge in [-0.05, 0) is 54.5 Å². The maximum absolute atomic E-state index is 9.64. The summed E-state index contributed by atoms with van der Waals surface area (Å²) in [4.78, 5) is 0. The van der Waals surface area contributed by atoms with Crippen LogP contribution in [-0.4, -0.2) is 6.61 Å². The van der Waals surface area contributed by atoms with Crippen LogP contribution in [0.4, 0.5) is 0 Å². The van der Waals surface area contributed by atoms with E-state index in [2.05, 4.69) is 22.0 Å². The third kappa shape index (κ3) is 5.58. The quantitative estimate of drug-likeness (QED) is 0.244. The lowest BCUT2D eigenvalue weighted by molar-refractivity contribution is 0.269. The van der Waals surface area contributed by atoms with E-state index in [-0.39, 0.29) is 0 Å². The number of halogens is 3. The predicted molar refractivity (Wildman–Crippen MR) is 126 cm³/mol. The highest BCUT2D eigenvalue weighted by Crippen LogP contribution is 2.36. The third-order valence-electron chi connectivity index (χ3n) is 4.26. The number of nitrogens with zero attached hydrogens (tertiary/aromatic N) is 1. The maximum atomic E-state index is 9.64. The van der Waals surface area contributed by atoms with Crippen molar-refractivity contribution in [2.75, 3.05) is 6.61 Å². The third-order valence-corrected chi connectivity index (χ3v) is 5.55. The van der Waals surface area contributed by atoms with E-state index < -0.39 is 0 Å². The van der Waals surface area contributed by atoms with E-state index in [1.807, 2.05) is 55.5 Å². The Morgan fingerprint density at radius 3 is 2.50 bits per heavy atom. The van der Waals surface area contributed by atoms with Gasteiger partial charge in [-0.3, -0.25) is 0 Å². The number of benzene rings is 3. The van der Waals surface area contributed by atoms with Crippen LogP contribution in [0.3, 0.4) is 0 Å². The Balaban J connectivity index is 1.94. The number of nitriles is 1. The molecule has 3 nitrogen and oxygen atoms in total. The number of hydrogen-bond acceptors (Lipinski definition) is 3. The van der Waals surface area contributed by atoms with Gasteiger partial charge in [0.2, 0.25) is 0 Å². The molecule has 3 aromatic carbocycles. The second kappa shape index (κ2) is 10.5. The second-order valence-electron chi connectivity index (χ2n) is 6.31. The van der Waals surface area contributed by atoms with Crippen LogP contribution < -0.4 is 9.47 Å². The first-order valence-corrected chi connectivity index (χ1v) is 10.8. The molecule has 0 aliphatic heterocycles. The maximum Gasteiger partial charge on any atom is 0.162 e. The summed E-state index contributed by atoms with van der Waals surface area (Å²) >= 11 is 15.9. The fraction of sp³-hybridized carbons (Fsp3) is 0.125. The lowest BCUT2D eigenvalue weighted by Crippen LogP contribution is -2.01. The number of rotatable bonds is 7. The zero-order valence-corrected chi connectivity index (χ0v) is 19.3. The summed E-state index contributed by atoms with van der Waals surface area (Å²) in [7, 11) is 0. The van der Waals surface area contributed by atoms with Gasteiger partial charge in [-0.2, -0.15) is 5.26 Å². The molecule has 0 saturated carbocycles. The molecule has 0 N–H and O–H groups in total. The smallest absolute Gasteiger partial charge is 0.162 e. The zero-order chi connectivity index (χ0) is 21.5. The summed E-state index contributed by atoms with van der Waals surface area (Å²) in [6.07, 6.45) is 1.79. The molecular weight excluding hydrogens is 485 g/mol. The summed E-state index contributed by atoms with van der Waals surface area (Å²) in [6.45, 7) is 2.70. The van der Waals surface area contributed by atoms with E-state index in [4.69, 9.17) is 32.7 Å². The lowest BCUT2D eigenvalue weighted by Gasteiger charge is -2.15. The number of ether oxygens (including phenoxy) is 2. The van der Waals surface area contributed by atoms with Gasteiger partial charge in [0.15, 0.2) is 11.5 Å². The normalized spacial score (nSPS) is 11.1. The molecule has 0 aromatic heterocycles. The molecule has 0 radical (unpaired) electrons. The van der Waals surface area contributed by atoms with Crippen molar-refractivity contribution >= 4 is 50.8 Å². The Bertz CT molecular complexity index is 1120. The average molecular weight is 503 g/mol. The molecule has 0 heterocycles. The molecule has 0 bridgehead atoms. The summed E-state index contributed by atoms with van der Waals surface area (Å²) in [5.74, 6) is 1.17. The standard InChI is InChI=1S/C24H18BrCl2NO2/c1-2-29-23-12-18(10-19(14-28)16-7-5-8-20(26)11-16)21(25)13-24(23)30-15-17-6-3-4-9-22(17)27/h3-13H,2,15H2,1H3/b19-10+. The van der Waals surface area contributed by atoms with Crippen molar-refractivity contribution < 1.29 is 9.47 Å². The van der Waals surface area contributed by atoms with Crippen molar-refractivity contribution in [3.05, 3.63) is 91.9 Å². The van der Waals surface area contributed by atoms with Gasteiger partial charge in [0.05, 0.1) is 18.2 Å². The van der Waals surface area contributed by atoms with Gasteiger partial charge in [-0.1, -0.05) is 69.5 Å². The highest BCUT2D eigenvalue weighted by Gasteiger charge is 2.12. The molecule has 0 atom stereocenters. The molecule has 0 unspecified atom stereocenters. The second-order valence-corrected chi connectivity index (χ2v) is 8.01. The van der Waals surface area contributed by atoms with Crippen LogP contribution in [0.2, 0.25) is 10.0 Å². The van der Waals surface area contributed by atoms with Crippen LogP contribution in [0.15, 0.2) is 65.1 Å². The molecule has 0 aliphatic carbocycles. The first-order chi connectivity index (χ1) is 14.5. The minimum Gasteiger partial charge on any atom is -0.490 e. The van der Waals surface area contributed by atoms with Crippen molar-refractivity contribution in [2.45, 2.75) is 13.5 Å². The van der Waals surface area contributed by atoms with Gasteiger partial charge < -0.3 is 9.47 Å². The number of allylic oxidation sites excluding steroid dienone is 1. The summed E-state index contributed by atoms with van der Waals surface area (Å²) < 4.78 is 12.5. The topological polar surface area (TPSA) is 42.2 Å². The molecule has 30 heavy (non-hydrogen) atoms. The van der Waals surface area contributed by atoms with Crippen molar-refractivity contribution in [3.63, 3.8) is 0 Å². The van der Waals surface area contributed by atoms with Gasteiger partial charge in [0.25, 0.3) is 0 Å². The van der Waals surface area contributed by atoms with Crippen LogP contribution in [0.5, 0.6) is 11.5 Å². The fourth-order valence-electron chi connectivity index (χ4n) is 2.81. The Labute approximate surface area is 194 Å². The molecule has 6 heteroatoms. The minimum absolute atomic E-state index is 0.313. The molecule has 0 spiro atoms. The average Bonchev–Trinajstić information content (AvgIpc) is 2.73. The van der Waals surface area contributed by atoms with Gasteiger partial charge in [-0.15, -0.1) is 0 Å². The van der Waals surface area contributed by atoms with Crippen LogP contribution >= 0.6 is 39.1 Å². The van der Waals surface area contributed by atoms with Crippen molar-refractivity contribution in [2.24, 2.45) is 0 Å². The van der Waals surface area contributed by atoms with E-state index in [0.29, 0.717) is 40.3 Å². The van der Waals surface area contributed by atoms with Crippen LogP contribution in [0.1, 0.15) is 23.6 Å². The lowest BCUT2D eigenvalue weighted by atomic mass is 10.0. The van der Waals surface area contributed by atoms with E-state index in [1.165, 1.54) is 0 Å². The van der Waals surface area contributed by atoms with Crippen molar-refractivity contribution in [1.29, 1.82) is 5.26 Å². The Kier molecular flexibility index (Phi) is 7.81. The molecule has 0 aliphatic rings. The van der Waals surface area contributed by atoms with Crippen molar-refractivity contribution in [3.8, 4) is 17.6 Å². The number of hydrogen-bond donors (Lipinski definition) is 0. The molecule has 3 aromatic rings. The first-order valence-electron chi connectivity index (χ1n) is 9.22. The Hall–Kier alpha value is -2.45. The summed E-state index contributed by atoms with van der Waals surface area (Å²) in [5.41, 5.74) is 2.91. The van der Waals surface area contributed by atoms with E-state index in [0.717, 1.165) is 21.2 Å². The van der Waals surface area contributed by atoms with Crippen molar-refractivity contribution in [1.82, 2.24) is 0 Å². The first kappa shape index (κ1) is 22.2. The predicted octanol–water partition coefficient (Wildman–Crippen LogP) is 7.80. The SMILES string of the molecule is CCOc1cc(/C=C(\C#N)c2cccc(Cl)c2)c(Br)cc1OCc1ccccc1Cl. The fourth-order valence-corrected chi connectivity index (χ4v) is 3.62. The van der Waals surface area contributed by atoms with E-state index in [1.54, 1.807) is 18.2 Å². The highest BCUT2D eigenvalue weighted by atomic mass is 79.9. The van der Waals surface area contributed by atoms with Crippen LogP contribution in [0, 0.1) is 11.3 Å². The van der Waals surface area contributed by atoms with Gasteiger partial charge in [-0.25, -0.2) is 0 Å². The van der Waals surface area contributed by atoms with E-state index >= 15 is 0 Å². The molecule has 0 saturated heterocycles. The monoisotopic (exact) mass is 501 g/mol. The minimum atomic E-state index is 0.313. The van der Waals surface area contributed by atoms with E-state index in [9.17, 15) is 5.26 Å². The van der Waals surface area contributed by atoms with Gasteiger partial charge in [0.1, 0.15) is 6.61 Å². The van der Waals surface area contributed by atoms with Crippen LogP contribution in [0.25, 0.3) is 11.6 Å². The Morgan fingerprint density at radius 2 is 1.80 bits per heavy atom. The molecular formula is C24H18BrCl2NO2. The van der Waals surface area contributed by atoms with Crippen LogP contribution in [-0.2, 0) is 6.61 Å².